The molecule has 0 atom stereocenters. The van der Waals surface area contributed by atoms with Gasteiger partial charge in [0, 0.05) is 5.56 Å². The fourth-order valence-corrected chi connectivity index (χ4v) is 1.97. The van der Waals surface area contributed by atoms with E-state index in [0.29, 0.717) is 5.15 Å². The molecule has 0 aliphatic carbocycles. The molecule has 0 fully saturated rings. The highest BCUT2D eigenvalue weighted by atomic mass is 35.5. The SMILES string of the molecule is COc1cccc(-c2cnc3ccc(Cl)nn23)c1. The third-order valence-electron chi connectivity index (χ3n) is 2.70. The third-order valence-corrected chi connectivity index (χ3v) is 2.90. The Morgan fingerprint density at radius 2 is 2.11 bits per heavy atom. The molecule has 0 bridgehead atoms. The van der Waals surface area contributed by atoms with Crippen molar-refractivity contribution in [3.63, 3.8) is 0 Å². The number of halogens is 1. The van der Waals surface area contributed by atoms with E-state index in [4.69, 9.17) is 16.3 Å². The second-order valence-corrected chi connectivity index (χ2v) is 4.19. The number of methoxy groups -OCH3 is 1. The molecule has 0 saturated carbocycles. The number of ether oxygens (including phenoxy) is 1. The van der Waals surface area contributed by atoms with Gasteiger partial charge in [0.1, 0.15) is 10.9 Å². The van der Waals surface area contributed by atoms with Crippen molar-refractivity contribution in [3.8, 4) is 17.0 Å². The minimum Gasteiger partial charge on any atom is -0.497 e. The lowest BCUT2D eigenvalue weighted by atomic mass is 10.1. The normalized spacial score (nSPS) is 10.8. The van der Waals surface area contributed by atoms with Gasteiger partial charge in [0.25, 0.3) is 0 Å². The summed E-state index contributed by atoms with van der Waals surface area (Å²) in [5.41, 5.74) is 2.63. The second-order valence-electron chi connectivity index (χ2n) is 3.80. The first-order valence-electron chi connectivity index (χ1n) is 5.42. The van der Waals surface area contributed by atoms with Crippen molar-refractivity contribution >= 4 is 17.2 Å². The molecule has 0 aliphatic rings. The van der Waals surface area contributed by atoms with Crippen LogP contribution in [0.5, 0.6) is 5.75 Å². The summed E-state index contributed by atoms with van der Waals surface area (Å²) in [6.07, 6.45) is 1.77. The summed E-state index contributed by atoms with van der Waals surface area (Å²) in [5, 5.41) is 4.68. The summed E-state index contributed by atoms with van der Waals surface area (Å²) in [5.74, 6) is 0.796. The van der Waals surface area contributed by atoms with E-state index in [1.54, 1.807) is 23.9 Å². The van der Waals surface area contributed by atoms with E-state index in [0.717, 1.165) is 22.7 Å². The quantitative estimate of drug-likeness (QED) is 0.710. The first-order valence-corrected chi connectivity index (χ1v) is 5.80. The van der Waals surface area contributed by atoms with Gasteiger partial charge in [-0.2, -0.15) is 5.10 Å². The van der Waals surface area contributed by atoms with Gasteiger partial charge < -0.3 is 4.74 Å². The minimum absolute atomic E-state index is 0.435. The Hall–Kier alpha value is -2.07. The summed E-state index contributed by atoms with van der Waals surface area (Å²) >= 11 is 5.91. The van der Waals surface area contributed by atoms with Gasteiger partial charge in [0.05, 0.1) is 19.0 Å². The van der Waals surface area contributed by atoms with E-state index in [1.807, 2.05) is 30.3 Å². The van der Waals surface area contributed by atoms with Gasteiger partial charge in [0.2, 0.25) is 0 Å². The Balaban J connectivity index is 2.21. The molecule has 90 valence electrons. The molecule has 2 heterocycles. The maximum absolute atomic E-state index is 5.91. The highest BCUT2D eigenvalue weighted by molar-refractivity contribution is 6.29. The molecule has 0 saturated heterocycles. The largest absolute Gasteiger partial charge is 0.497 e. The van der Waals surface area contributed by atoms with Gasteiger partial charge >= 0.3 is 0 Å². The molecule has 0 amide bonds. The van der Waals surface area contributed by atoms with Crippen molar-refractivity contribution in [2.24, 2.45) is 0 Å². The summed E-state index contributed by atoms with van der Waals surface area (Å²) in [7, 11) is 1.64. The van der Waals surface area contributed by atoms with Crippen molar-refractivity contribution in [2.45, 2.75) is 0 Å². The van der Waals surface area contributed by atoms with Crippen LogP contribution in [0, 0.1) is 0 Å². The van der Waals surface area contributed by atoms with Crippen LogP contribution in [0.4, 0.5) is 0 Å². The van der Waals surface area contributed by atoms with E-state index < -0.39 is 0 Å². The molecule has 0 unspecified atom stereocenters. The van der Waals surface area contributed by atoms with Crippen LogP contribution < -0.4 is 4.74 Å². The number of fused-ring (bicyclic) bond motifs is 1. The van der Waals surface area contributed by atoms with Crippen LogP contribution >= 0.6 is 11.6 Å². The van der Waals surface area contributed by atoms with Crippen LogP contribution in [0.15, 0.2) is 42.6 Å². The lowest BCUT2D eigenvalue weighted by Crippen LogP contribution is -1.94. The van der Waals surface area contributed by atoms with Gasteiger partial charge in [-0.05, 0) is 24.3 Å². The molecule has 2 aromatic heterocycles. The predicted octanol–water partition coefficient (Wildman–Crippen LogP) is 3.06. The predicted molar refractivity (Wildman–Crippen MR) is 70.0 cm³/mol. The number of hydrogen-bond acceptors (Lipinski definition) is 3. The van der Waals surface area contributed by atoms with E-state index in [1.165, 1.54) is 0 Å². The van der Waals surface area contributed by atoms with Crippen LogP contribution in [0.2, 0.25) is 5.15 Å². The zero-order valence-electron chi connectivity index (χ0n) is 9.67. The van der Waals surface area contributed by atoms with E-state index in [9.17, 15) is 0 Å². The first-order chi connectivity index (χ1) is 8.78. The Kier molecular flexibility index (Phi) is 2.64. The van der Waals surface area contributed by atoms with Crippen molar-refractivity contribution in [3.05, 3.63) is 47.7 Å². The molecule has 4 nitrogen and oxygen atoms in total. The van der Waals surface area contributed by atoms with Crippen molar-refractivity contribution in [1.82, 2.24) is 14.6 Å². The molecule has 0 spiro atoms. The maximum Gasteiger partial charge on any atom is 0.154 e. The standard InChI is InChI=1S/C13H10ClN3O/c1-18-10-4-2-3-9(7-10)11-8-15-13-6-5-12(14)16-17(11)13/h2-8H,1H3. The number of nitrogens with zero attached hydrogens (tertiary/aromatic N) is 3. The molecule has 3 aromatic rings. The van der Waals surface area contributed by atoms with E-state index >= 15 is 0 Å². The highest BCUT2D eigenvalue weighted by Crippen LogP contribution is 2.24. The monoisotopic (exact) mass is 259 g/mol. The zero-order chi connectivity index (χ0) is 12.5. The molecular formula is C13H10ClN3O. The molecule has 0 aliphatic heterocycles. The Bertz CT molecular complexity index is 708. The lowest BCUT2D eigenvalue weighted by Gasteiger charge is -2.04. The summed E-state index contributed by atoms with van der Waals surface area (Å²) in [6.45, 7) is 0. The molecule has 5 heteroatoms. The summed E-state index contributed by atoms with van der Waals surface area (Å²) in [6, 6.07) is 11.3. The average molecular weight is 260 g/mol. The Morgan fingerprint density at radius 3 is 2.94 bits per heavy atom. The number of aromatic nitrogens is 3. The number of hydrogen-bond donors (Lipinski definition) is 0. The van der Waals surface area contributed by atoms with Crippen LogP contribution in [-0.2, 0) is 0 Å². The summed E-state index contributed by atoms with van der Waals surface area (Å²) < 4.78 is 6.93. The van der Waals surface area contributed by atoms with Crippen LogP contribution in [0.25, 0.3) is 16.9 Å². The lowest BCUT2D eigenvalue weighted by molar-refractivity contribution is 0.415. The van der Waals surface area contributed by atoms with E-state index in [-0.39, 0.29) is 0 Å². The average Bonchev–Trinajstić information content (AvgIpc) is 2.81. The Labute approximate surface area is 109 Å². The first kappa shape index (κ1) is 11.0. The molecule has 0 radical (unpaired) electrons. The fourth-order valence-electron chi connectivity index (χ4n) is 1.83. The number of rotatable bonds is 2. The fraction of sp³-hybridized carbons (Fsp3) is 0.0769. The van der Waals surface area contributed by atoms with Gasteiger partial charge in [-0.1, -0.05) is 23.7 Å². The van der Waals surface area contributed by atoms with Crippen molar-refractivity contribution in [1.29, 1.82) is 0 Å². The molecular weight excluding hydrogens is 250 g/mol. The number of benzene rings is 1. The molecule has 0 N–H and O–H groups in total. The topological polar surface area (TPSA) is 39.4 Å². The molecule has 3 rings (SSSR count). The maximum atomic E-state index is 5.91. The van der Waals surface area contributed by atoms with Crippen LogP contribution in [0.1, 0.15) is 0 Å². The second kappa shape index (κ2) is 4.31. The minimum atomic E-state index is 0.435. The van der Waals surface area contributed by atoms with Crippen LogP contribution in [-0.4, -0.2) is 21.7 Å². The zero-order valence-corrected chi connectivity index (χ0v) is 10.4. The van der Waals surface area contributed by atoms with Crippen molar-refractivity contribution < 1.29 is 4.74 Å². The third kappa shape index (κ3) is 1.80. The van der Waals surface area contributed by atoms with Gasteiger partial charge in [-0.25, -0.2) is 9.50 Å². The van der Waals surface area contributed by atoms with Gasteiger partial charge in [0.15, 0.2) is 5.65 Å². The van der Waals surface area contributed by atoms with Gasteiger partial charge in [-0.3, -0.25) is 0 Å². The molecule has 18 heavy (non-hydrogen) atoms. The Morgan fingerprint density at radius 1 is 1.22 bits per heavy atom. The number of imidazole rings is 1. The van der Waals surface area contributed by atoms with Gasteiger partial charge in [-0.15, -0.1) is 0 Å². The smallest absolute Gasteiger partial charge is 0.154 e. The van der Waals surface area contributed by atoms with Crippen LogP contribution in [0.3, 0.4) is 0 Å². The molecule has 1 aromatic carbocycles. The van der Waals surface area contributed by atoms with E-state index in [2.05, 4.69) is 10.1 Å². The highest BCUT2D eigenvalue weighted by Gasteiger charge is 2.08. The van der Waals surface area contributed by atoms with Crippen molar-refractivity contribution in [2.75, 3.05) is 7.11 Å². The summed E-state index contributed by atoms with van der Waals surface area (Å²) in [4.78, 5) is 4.29.